The van der Waals surface area contributed by atoms with Gasteiger partial charge in [-0.1, -0.05) is 0 Å². The summed E-state index contributed by atoms with van der Waals surface area (Å²) >= 11 is 0. The lowest BCUT2D eigenvalue weighted by atomic mass is 10.3. The molecule has 0 unspecified atom stereocenters. The largest absolute Gasteiger partial charge is 0.511 e. The Bertz CT molecular complexity index is 111. The zero-order chi connectivity index (χ0) is 5.98. The van der Waals surface area contributed by atoms with Gasteiger partial charge in [-0.05, 0) is 12.5 Å². The van der Waals surface area contributed by atoms with Crippen molar-refractivity contribution in [2.24, 2.45) is 5.84 Å². The van der Waals surface area contributed by atoms with Gasteiger partial charge in [-0.25, -0.2) is 5.01 Å². The summed E-state index contributed by atoms with van der Waals surface area (Å²) in [6.07, 6.45) is 2.66. The smallest absolute Gasteiger partial charge is 0.104 e. The zero-order valence-electron chi connectivity index (χ0n) is 4.67. The van der Waals surface area contributed by atoms with Crippen molar-refractivity contribution in [3.8, 4) is 0 Å². The second-order valence-electron chi connectivity index (χ2n) is 1.95. The molecule has 1 aliphatic rings. The van der Waals surface area contributed by atoms with E-state index in [-0.39, 0.29) is 0 Å². The number of rotatable bonds is 0. The van der Waals surface area contributed by atoms with E-state index in [1.54, 1.807) is 11.1 Å². The first kappa shape index (κ1) is 5.59. The SMILES string of the molecule is NN1CCC=C(O)C1. The summed E-state index contributed by atoms with van der Waals surface area (Å²) < 4.78 is 0. The third-order valence-corrected chi connectivity index (χ3v) is 1.16. The molecule has 3 N–H and O–H groups in total. The molecular formula is C5H10N2O. The normalized spacial score (nSPS) is 22.9. The predicted octanol–water partition coefficient (Wildman–Crippen LogP) is 0.00770. The van der Waals surface area contributed by atoms with Crippen molar-refractivity contribution in [3.05, 3.63) is 11.8 Å². The Morgan fingerprint density at radius 3 is 2.88 bits per heavy atom. The molecule has 46 valence electrons. The maximum absolute atomic E-state index is 8.82. The van der Waals surface area contributed by atoms with Crippen LogP contribution in [0.3, 0.4) is 0 Å². The van der Waals surface area contributed by atoms with Crippen LogP contribution in [0.2, 0.25) is 0 Å². The maximum Gasteiger partial charge on any atom is 0.104 e. The Morgan fingerprint density at radius 2 is 2.50 bits per heavy atom. The molecule has 0 saturated carbocycles. The van der Waals surface area contributed by atoms with Crippen molar-refractivity contribution >= 4 is 0 Å². The third kappa shape index (κ3) is 1.21. The quantitative estimate of drug-likeness (QED) is 0.436. The van der Waals surface area contributed by atoms with Crippen LogP contribution in [0.15, 0.2) is 11.8 Å². The molecule has 0 aromatic carbocycles. The molecule has 8 heavy (non-hydrogen) atoms. The molecule has 1 heterocycles. The van der Waals surface area contributed by atoms with Gasteiger partial charge in [0.15, 0.2) is 0 Å². The van der Waals surface area contributed by atoms with Crippen LogP contribution in [0.5, 0.6) is 0 Å². The van der Waals surface area contributed by atoms with Crippen LogP contribution >= 0.6 is 0 Å². The van der Waals surface area contributed by atoms with Crippen molar-refractivity contribution in [2.45, 2.75) is 6.42 Å². The van der Waals surface area contributed by atoms with Crippen LogP contribution in [-0.4, -0.2) is 23.2 Å². The van der Waals surface area contributed by atoms with Gasteiger partial charge in [-0.15, -0.1) is 0 Å². The van der Waals surface area contributed by atoms with Crippen molar-refractivity contribution in [3.63, 3.8) is 0 Å². The lowest BCUT2D eigenvalue weighted by Crippen LogP contribution is -2.35. The molecule has 1 aliphatic heterocycles. The number of aliphatic hydroxyl groups excluding tert-OH is 1. The van der Waals surface area contributed by atoms with E-state index >= 15 is 0 Å². The van der Waals surface area contributed by atoms with Crippen molar-refractivity contribution < 1.29 is 5.11 Å². The predicted molar refractivity (Wildman–Crippen MR) is 31.1 cm³/mol. The molecule has 0 fully saturated rings. The van der Waals surface area contributed by atoms with E-state index in [0.717, 1.165) is 13.0 Å². The lowest BCUT2D eigenvalue weighted by molar-refractivity contribution is 0.240. The van der Waals surface area contributed by atoms with E-state index in [1.807, 2.05) is 0 Å². The Morgan fingerprint density at radius 1 is 1.75 bits per heavy atom. The first-order valence-corrected chi connectivity index (χ1v) is 2.66. The Balaban J connectivity index is 2.45. The van der Waals surface area contributed by atoms with Crippen LogP contribution in [-0.2, 0) is 0 Å². The highest BCUT2D eigenvalue weighted by Crippen LogP contribution is 2.00. The average Bonchev–Trinajstić information content (AvgIpc) is 1.64. The summed E-state index contributed by atoms with van der Waals surface area (Å²) in [6, 6.07) is 0. The van der Waals surface area contributed by atoms with Gasteiger partial charge in [0.25, 0.3) is 0 Å². The highest BCUT2D eigenvalue weighted by molar-refractivity contribution is 4.96. The van der Waals surface area contributed by atoms with Crippen molar-refractivity contribution in [1.82, 2.24) is 5.01 Å². The van der Waals surface area contributed by atoms with Gasteiger partial charge in [-0.2, -0.15) is 0 Å². The molecule has 0 amide bonds. The Hall–Kier alpha value is -0.540. The molecule has 0 radical (unpaired) electrons. The van der Waals surface area contributed by atoms with Crippen LogP contribution in [0, 0.1) is 0 Å². The second kappa shape index (κ2) is 2.15. The number of hydrogen-bond donors (Lipinski definition) is 2. The van der Waals surface area contributed by atoms with E-state index in [1.165, 1.54) is 0 Å². The topological polar surface area (TPSA) is 49.5 Å². The monoisotopic (exact) mass is 114 g/mol. The van der Waals surface area contributed by atoms with E-state index in [9.17, 15) is 0 Å². The average molecular weight is 114 g/mol. The van der Waals surface area contributed by atoms with E-state index in [0.29, 0.717) is 12.3 Å². The number of aliphatic hydroxyl groups is 1. The minimum atomic E-state index is 0.388. The maximum atomic E-state index is 8.82. The molecule has 0 aromatic heterocycles. The van der Waals surface area contributed by atoms with Gasteiger partial charge < -0.3 is 5.11 Å². The molecule has 1 rings (SSSR count). The molecule has 0 aliphatic carbocycles. The van der Waals surface area contributed by atoms with Crippen molar-refractivity contribution in [1.29, 1.82) is 0 Å². The van der Waals surface area contributed by atoms with Gasteiger partial charge >= 0.3 is 0 Å². The number of hydrazine groups is 1. The van der Waals surface area contributed by atoms with E-state index < -0.39 is 0 Å². The van der Waals surface area contributed by atoms with Gasteiger partial charge in [0.2, 0.25) is 0 Å². The first-order valence-electron chi connectivity index (χ1n) is 2.66. The summed E-state index contributed by atoms with van der Waals surface area (Å²) in [5.74, 6) is 5.75. The third-order valence-electron chi connectivity index (χ3n) is 1.16. The molecular weight excluding hydrogens is 104 g/mol. The molecule has 0 bridgehead atoms. The fourth-order valence-electron chi connectivity index (χ4n) is 0.749. The number of nitrogens with zero attached hydrogens (tertiary/aromatic N) is 1. The van der Waals surface area contributed by atoms with Crippen molar-refractivity contribution in [2.75, 3.05) is 13.1 Å². The first-order chi connectivity index (χ1) is 3.79. The number of hydrogen-bond acceptors (Lipinski definition) is 3. The summed E-state index contributed by atoms with van der Waals surface area (Å²) in [7, 11) is 0. The van der Waals surface area contributed by atoms with Gasteiger partial charge in [0, 0.05) is 6.54 Å². The van der Waals surface area contributed by atoms with Crippen LogP contribution in [0.25, 0.3) is 0 Å². The fourth-order valence-corrected chi connectivity index (χ4v) is 0.749. The molecule has 0 spiro atoms. The van der Waals surface area contributed by atoms with Crippen LogP contribution < -0.4 is 5.84 Å². The molecule has 0 aromatic rings. The number of nitrogens with two attached hydrogens (primary N) is 1. The minimum absolute atomic E-state index is 0.388. The molecule has 3 heteroatoms. The Kier molecular flexibility index (Phi) is 1.50. The lowest BCUT2D eigenvalue weighted by Gasteiger charge is -2.18. The highest BCUT2D eigenvalue weighted by atomic mass is 16.3. The standard InChI is InChI=1S/C5H10N2O/c6-7-3-1-2-5(8)4-7/h2,8H,1,3-4,6H2. The Labute approximate surface area is 48.4 Å². The molecule has 3 nitrogen and oxygen atoms in total. The minimum Gasteiger partial charge on any atom is -0.511 e. The molecule has 0 saturated heterocycles. The van der Waals surface area contributed by atoms with Gasteiger partial charge in [0.1, 0.15) is 5.76 Å². The summed E-state index contributed by atoms with van der Waals surface area (Å²) in [6.45, 7) is 1.35. The van der Waals surface area contributed by atoms with Crippen LogP contribution in [0.4, 0.5) is 0 Å². The highest BCUT2D eigenvalue weighted by Gasteiger charge is 2.05. The van der Waals surface area contributed by atoms with Gasteiger partial charge in [-0.3, -0.25) is 5.84 Å². The fraction of sp³-hybridized carbons (Fsp3) is 0.600. The molecule has 0 atom stereocenters. The zero-order valence-corrected chi connectivity index (χ0v) is 4.67. The summed E-state index contributed by atoms with van der Waals surface area (Å²) in [5.41, 5.74) is 0. The van der Waals surface area contributed by atoms with Gasteiger partial charge in [0.05, 0.1) is 6.54 Å². The van der Waals surface area contributed by atoms with E-state index in [4.69, 9.17) is 10.9 Å². The van der Waals surface area contributed by atoms with Crippen LogP contribution in [0.1, 0.15) is 6.42 Å². The second-order valence-corrected chi connectivity index (χ2v) is 1.95. The summed E-state index contributed by atoms with van der Waals surface area (Å²) in [5, 5.41) is 10.4. The summed E-state index contributed by atoms with van der Waals surface area (Å²) in [4.78, 5) is 0. The van der Waals surface area contributed by atoms with E-state index in [2.05, 4.69) is 0 Å².